The fourth-order valence-corrected chi connectivity index (χ4v) is 4.38. The van der Waals surface area contributed by atoms with Crippen molar-refractivity contribution in [1.29, 1.82) is 4.78 Å². The highest BCUT2D eigenvalue weighted by Crippen LogP contribution is 2.41. The highest BCUT2D eigenvalue weighted by Gasteiger charge is 2.44. The number of nitrogens with zero attached hydrogens (tertiary/aromatic N) is 3. The van der Waals surface area contributed by atoms with Gasteiger partial charge in [-0.1, -0.05) is 18.5 Å². The maximum Gasteiger partial charge on any atom is 0.434 e. The molecule has 1 unspecified atom stereocenters. The normalized spacial score (nSPS) is 20.0. The maximum atomic E-state index is 14.0. The lowest BCUT2D eigenvalue weighted by Crippen LogP contribution is -2.47. The van der Waals surface area contributed by atoms with Gasteiger partial charge in [0.25, 0.3) is 11.8 Å². The van der Waals surface area contributed by atoms with E-state index in [-0.39, 0.29) is 34.9 Å². The molecule has 0 radical (unpaired) electrons. The number of aromatic nitrogens is 2. The fraction of sp³-hybridized carbons (Fsp3) is 0.450. The molecule has 2 atom stereocenters. The third kappa shape index (κ3) is 5.24. The third-order valence-corrected chi connectivity index (χ3v) is 6.95. The minimum Gasteiger partial charge on any atom is -0.355 e. The van der Waals surface area contributed by atoms with E-state index in [0.29, 0.717) is 0 Å². The van der Waals surface area contributed by atoms with Crippen LogP contribution in [0, 0.1) is 17.6 Å². The Morgan fingerprint density at radius 2 is 2.03 bits per heavy atom. The Labute approximate surface area is 197 Å². The molecule has 0 aliphatic carbocycles. The first-order chi connectivity index (χ1) is 15.5. The summed E-state index contributed by atoms with van der Waals surface area (Å²) in [5, 5.41) is 1.57. The molecule has 0 aromatic carbocycles. The highest BCUT2D eigenvalue weighted by atomic mass is 35.5. The Morgan fingerprint density at radius 1 is 1.38 bits per heavy atom. The molecule has 34 heavy (non-hydrogen) atoms. The number of rotatable bonds is 4. The summed E-state index contributed by atoms with van der Waals surface area (Å²) in [6.07, 6.45) is -3.22. The molecule has 1 amide bonds. The Kier molecular flexibility index (Phi) is 6.83. The average Bonchev–Trinajstić information content (AvgIpc) is 2.70. The number of anilines is 2. The van der Waals surface area contributed by atoms with Gasteiger partial charge < -0.3 is 10.2 Å². The molecule has 0 spiro atoms. The van der Waals surface area contributed by atoms with Gasteiger partial charge in [0, 0.05) is 43.6 Å². The zero-order valence-electron chi connectivity index (χ0n) is 18.3. The number of carbonyl (C=O) groups is 1. The van der Waals surface area contributed by atoms with Gasteiger partial charge in [0.1, 0.15) is 10.8 Å². The smallest absolute Gasteiger partial charge is 0.355 e. The molecular weight excluding hydrogens is 505 g/mol. The van der Waals surface area contributed by atoms with Gasteiger partial charge in [0.15, 0.2) is 5.69 Å². The van der Waals surface area contributed by atoms with Crippen LogP contribution in [-0.4, -0.2) is 45.4 Å². The van der Waals surface area contributed by atoms with Crippen LogP contribution >= 0.6 is 11.6 Å². The second-order valence-electron chi connectivity index (χ2n) is 8.13. The van der Waals surface area contributed by atoms with E-state index in [2.05, 4.69) is 15.3 Å². The number of carbonyl (C=O) groups excluding carboxylic acids is 1. The largest absolute Gasteiger partial charge is 0.434 e. The van der Waals surface area contributed by atoms with Crippen LogP contribution < -0.4 is 10.2 Å². The Balaban J connectivity index is 2.11. The number of hydrogen-bond donors (Lipinski definition) is 2. The second-order valence-corrected chi connectivity index (χ2v) is 10.6. The van der Waals surface area contributed by atoms with Gasteiger partial charge in [0.2, 0.25) is 0 Å². The highest BCUT2D eigenvalue weighted by molar-refractivity contribution is 7.91. The van der Waals surface area contributed by atoms with Crippen LogP contribution in [0.4, 0.5) is 33.5 Å². The molecule has 0 bridgehead atoms. The van der Waals surface area contributed by atoms with Crippen LogP contribution in [0.3, 0.4) is 0 Å². The van der Waals surface area contributed by atoms with Gasteiger partial charge in [0.05, 0.1) is 20.3 Å². The Hall–Kier alpha value is -2.54. The first-order valence-electron chi connectivity index (χ1n) is 9.93. The first kappa shape index (κ1) is 26.1. The van der Waals surface area contributed by atoms with Crippen LogP contribution in [0.2, 0.25) is 5.02 Å². The minimum absolute atomic E-state index is 0.0803. The van der Waals surface area contributed by atoms with Crippen molar-refractivity contribution in [1.82, 2.24) is 9.97 Å². The molecule has 1 fully saturated rings. The van der Waals surface area contributed by atoms with Crippen LogP contribution in [0.15, 0.2) is 23.4 Å². The van der Waals surface area contributed by atoms with E-state index in [1.807, 2.05) is 0 Å². The number of pyridine rings is 2. The molecule has 14 heteroatoms. The molecule has 0 saturated carbocycles. The van der Waals surface area contributed by atoms with E-state index in [0.717, 1.165) is 6.26 Å². The van der Waals surface area contributed by atoms with E-state index in [4.69, 9.17) is 16.4 Å². The summed E-state index contributed by atoms with van der Waals surface area (Å²) in [4.78, 5) is 21.8. The van der Waals surface area contributed by atoms with Crippen LogP contribution in [0.25, 0.3) is 0 Å². The van der Waals surface area contributed by atoms with Crippen molar-refractivity contribution < 1.29 is 31.0 Å². The van der Waals surface area contributed by atoms with Crippen molar-refractivity contribution in [2.45, 2.75) is 37.4 Å². The number of amides is 1. The lowest BCUT2D eigenvalue weighted by molar-refractivity contribution is -0.141. The van der Waals surface area contributed by atoms with Gasteiger partial charge >= 0.3 is 6.18 Å². The molecular formula is C20H21ClF5N5O2S. The van der Waals surface area contributed by atoms with Gasteiger partial charge in [-0.25, -0.2) is 27.7 Å². The average molecular weight is 526 g/mol. The van der Waals surface area contributed by atoms with Crippen LogP contribution in [0.5, 0.6) is 0 Å². The van der Waals surface area contributed by atoms with Crippen molar-refractivity contribution in [2.24, 2.45) is 5.92 Å². The molecule has 186 valence electrons. The van der Waals surface area contributed by atoms with E-state index >= 15 is 0 Å². The van der Waals surface area contributed by atoms with Gasteiger partial charge in [-0.2, -0.15) is 13.2 Å². The van der Waals surface area contributed by atoms with Gasteiger partial charge in [-0.3, -0.25) is 4.79 Å². The number of nitrogens with one attached hydrogen (secondary N) is 2. The Morgan fingerprint density at radius 3 is 2.59 bits per heavy atom. The summed E-state index contributed by atoms with van der Waals surface area (Å²) >= 11 is 5.93. The zero-order valence-corrected chi connectivity index (χ0v) is 19.8. The van der Waals surface area contributed by atoms with Crippen molar-refractivity contribution in [3.63, 3.8) is 0 Å². The monoisotopic (exact) mass is 525 g/mol. The molecule has 2 N–H and O–H groups in total. The fourth-order valence-electron chi connectivity index (χ4n) is 3.53. The molecule has 1 aliphatic rings. The lowest BCUT2D eigenvalue weighted by Gasteiger charge is -2.38. The van der Waals surface area contributed by atoms with Gasteiger partial charge in [-0.05, 0) is 24.6 Å². The summed E-state index contributed by atoms with van der Waals surface area (Å²) in [6.45, 7) is 1.83. The molecule has 3 heterocycles. The standard InChI is InChI=1S/C20H21ClF5N5O2S/c1-10-9-31(7-5-19(10,22)23)17-14(11(2)15(21)16(30-17)20(24,25)26)18(32)29-12-4-6-28-13(8-12)34(3,27)33/h4,6,8,10,27H,5,7,9H2,1-3H3,(H,28,29,32)/t10-,34?/m0/s1. The second kappa shape index (κ2) is 8.91. The maximum absolute atomic E-state index is 14.0. The van der Waals surface area contributed by atoms with E-state index in [1.165, 1.54) is 37.1 Å². The molecule has 1 saturated heterocycles. The quantitative estimate of drug-likeness (QED) is 0.533. The summed E-state index contributed by atoms with van der Waals surface area (Å²) in [7, 11) is -3.21. The Bertz CT molecular complexity index is 1240. The third-order valence-electron chi connectivity index (χ3n) is 5.47. The summed E-state index contributed by atoms with van der Waals surface area (Å²) in [6, 6.07) is 2.54. The SMILES string of the molecule is Cc1c(Cl)c(C(F)(F)F)nc(N2CCC(F)(F)[C@@H](C)C2)c1C(=O)Nc1ccnc(S(C)(=N)=O)c1. The van der Waals surface area contributed by atoms with Crippen molar-refractivity contribution in [2.75, 3.05) is 29.6 Å². The topological polar surface area (TPSA) is 99.0 Å². The van der Waals surface area contributed by atoms with Crippen molar-refractivity contribution in [3.8, 4) is 0 Å². The van der Waals surface area contributed by atoms with Gasteiger partial charge in [-0.15, -0.1) is 0 Å². The number of piperidine rings is 1. The molecule has 2 aromatic rings. The minimum atomic E-state index is -4.94. The molecule has 7 nitrogen and oxygen atoms in total. The summed E-state index contributed by atoms with van der Waals surface area (Å²) in [5.74, 6) is -5.51. The van der Waals surface area contributed by atoms with Crippen molar-refractivity contribution in [3.05, 3.63) is 40.2 Å². The van der Waals surface area contributed by atoms with E-state index in [1.54, 1.807) is 0 Å². The van der Waals surface area contributed by atoms with E-state index < -0.39 is 56.6 Å². The number of halogens is 6. The molecule has 1 aliphatic heterocycles. The number of alkyl halides is 5. The number of hydrogen-bond acceptors (Lipinski definition) is 6. The molecule has 3 rings (SSSR count). The summed E-state index contributed by atoms with van der Waals surface area (Å²) < 4.78 is 88.3. The lowest BCUT2D eigenvalue weighted by atomic mass is 9.94. The predicted octanol–water partition coefficient (Wildman–Crippen LogP) is 5.23. The van der Waals surface area contributed by atoms with Crippen LogP contribution in [-0.2, 0) is 15.9 Å². The van der Waals surface area contributed by atoms with E-state index in [9.17, 15) is 31.0 Å². The first-order valence-corrected chi connectivity index (χ1v) is 12.3. The predicted molar refractivity (Wildman–Crippen MR) is 117 cm³/mol. The van der Waals surface area contributed by atoms with Crippen molar-refractivity contribution >= 4 is 38.7 Å². The summed E-state index contributed by atoms with van der Waals surface area (Å²) in [5.41, 5.74) is -1.88. The molecule has 2 aromatic heterocycles. The van der Waals surface area contributed by atoms with Crippen LogP contribution in [0.1, 0.15) is 35.0 Å². The zero-order chi connectivity index (χ0) is 25.6.